The van der Waals surface area contributed by atoms with Gasteiger partial charge in [0.1, 0.15) is 11.2 Å². The summed E-state index contributed by atoms with van der Waals surface area (Å²) in [5.74, 6) is 0.370. The van der Waals surface area contributed by atoms with E-state index in [1.165, 1.54) is 0 Å². The number of carbonyl (C=O) groups is 1. The van der Waals surface area contributed by atoms with Gasteiger partial charge in [0.2, 0.25) is 0 Å². The molecule has 0 aromatic carbocycles. The maximum Gasteiger partial charge on any atom is 0.333 e. The monoisotopic (exact) mass is 236 g/mol. The lowest BCUT2D eigenvalue weighted by atomic mass is 9.74. The normalized spacial score (nSPS) is 46.9. The first-order chi connectivity index (χ1) is 7.99. The maximum atomic E-state index is 11.8. The molecule has 0 radical (unpaired) electrons. The second kappa shape index (κ2) is 3.35. The van der Waals surface area contributed by atoms with Gasteiger partial charge < -0.3 is 9.84 Å². The second-order valence-corrected chi connectivity index (χ2v) is 6.04. The molecular formula is C14H20O3. The highest BCUT2D eigenvalue weighted by Gasteiger charge is 2.71. The van der Waals surface area contributed by atoms with Crippen LogP contribution in [0.2, 0.25) is 0 Å². The molecule has 4 atom stereocenters. The van der Waals surface area contributed by atoms with Crippen molar-refractivity contribution in [3.63, 3.8) is 0 Å². The third kappa shape index (κ3) is 1.23. The Morgan fingerprint density at radius 2 is 2.06 bits per heavy atom. The van der Waals surface area contributed by atoms with Crippen molar-refractivity contribution in [2.75, 3.05) is 0 Å². The number of hydrogen-bond acceptors (Lipinski definition) is 3. The van der Waals surface area contributed by atoms with Crippen LogP contribution in [-0.4, -0.2) is 22.3 Å². The fourth-order valence-corrected chi connectivity index (χ4v) is 4.47. The molecule has 3 nitrogen and oxygen atoms in total. The van der Waals surface area contributed by atoms with Gasteiger partial charge in [-0.1, -0.05) is 6.58 Å². The molecule has 2 bridgehead atoms. The molecule has 1 N–H and O–H groups in total. The summed E-state index contributed by atoms with van der Waals surface area (Å²) in [5.41, 5.74) is -0.913. The van der Waals surface area contributed by atoms with Gasteiger partial charge in [-0.3, -0.25) is 0 Å². The summed E-state index contributed by atoms with van der Waals surface area (Å²) >= 11 is 0. The van der Waals surface area contributed by atoms with Gasteiger partial charge in [0, 0.05) is 11.5 Å². The van der Waals surface area contributed by atoms with Crippen molar-refractivity contribution >= 4 is 5.97 Å². The van der Waals surface area contributed by atoms with Crippen molar-refractivity contribution in [2.24, 2.45) is 11.8 Å². The summed E-state index contributed by atoms with van der Waals surface area (Å²) in [7, 11) is 0. The Balaban J connectivity index is 1.94. The van der Waals surface area contributed by atoms with Gasteiger partial charge in [0.15, 0.2) is 0 Å². The molecule has 0 aromatic heterocycles. The summed E-state index contributed by atoms with van der Waals surface area (Å²) in [5, 5.41) is 10.9. The minimum absolute atomic E-state index is 0.335. The summed E-state index contributed by atoms with van der Waals surface area (Å²) in [6, 6.07) is 0. The number of ether oxygens (including phenoxy) is 1. The molecule has 0 heterocycles. The van der Waals surface area contributed by atoms with Gasteiger partial charge in [0.25, 0.3) is 0 Å². The maximum absolute atomic E-state index is 11.8. The zero-order valence-electron chi connectivity index (χ0n) is 10.4. The van der Waals surface area contributed by atoms with Crippen molar-refractivity contribution in [1.29, 1.82) is 0 Å². The molecule has 3 fully saturated rings. The molecule has 3 aliphatic rings. The van der Waals surface area contributed by atoms with Crippen LogP contribution < -0.4 is 0 Å². The fourth-order valence-electron chi connectivity index (χ4n) is 4.47. The highest BCUT2D eigenvalue weighted by Crippen LogP contribution is 2.65. The average Bonchev–Trinajstić information content (AvgIpc) is 2.89. The standard InChI is InChI=1S/C14H20O3/c1-9(2)12(15)17-14-7-3-6-13(14,16)10-4-5-11(14)8-10/h10-11,16H,1,3-8H2,2H3. The molecule has 0 aromatic rings. The first-order valence-electron chi connectivity index (χ1n) is 6.61. The Morgan fingerprint density at radius 3 is 2.76 bits per heavy atom. The van der Waals surface area contributed by atoms with Crippen LogP contribution in [0.25, 0.3) is 0 Å². The molecule has 0 saturated heterocycles. The Hall–Kier alpha value is -0.830. The van der Waals surface area contributed by atoms with Crippen molar-refractivity contribution in [3.05, 3.63) is 12.2 Å². The average molecular weight is 236 g/mol. The molecule has 3 rings (SSSR count). The van der Waals surface area contributed by atoms with Crippen molar-refractivity contribution in [3.8, 4) is 0 Å². The van der Waals surface area contributed by atoms with Gasteiger partial charge in [0.05, 0.1) is 0 Å². The fraction of sp³-hybridized carbons (Fsp3) is 0.786. The Kier molecular flexibility index (Phi) is 2.22. The van der Waals surface area contributed by atoms with Crippen LogP contribution in [0.15, 0.2) is 12.2 Å². The van der Waals surface area contributed by atoms with E-state index in [9.17, 15) is 9.90 Å². The Labute approximate surface area is 102 Å². The molecule has 4 unspecified atom stereocenters. The van der Waals surface area contributed by atoms with E-state index in [-0.39, 0.29) is 5.97 Å². The van der Waals surface area contributed by atoms with Crippen molar-refractivity contribution in [1.82, 2.24) is 0 Å². The SMILES string of the molecule is C=C(C)C(=O)OC12CCCC1(O)C1CCC2C1. The van der Waals surface area contributed by atoms with Gasteiger partial charge in [-0.25, -0.2) is 4.79 Å². The van der Waals surface area contributed by atoms with E-state index in [1.807, 2.05) is 0 Å². The van der Waals surface area contributed by atoms with Crippen LogP contribution in [0.5, 0.6) is 0 Å². The highest BCUT2D eigenvalue weighted by atomic mass is 16.6. The van der Waals surface area contributed by atoms with Crippen LogP contribution in [0.4, 0.5) is 0 Å². The highest BCUT2D eigenvalue weighted by molar-refractivity contribution is 5.87. The van der Waals surface area contributed by atoms with E-state index in [4.69, 9.17) is 4.74 Å². The smallest absolute Gasteiger partial charge is 0.333 e. The third-order valence-corrected chi connectivity index (χ3v) is 5.23. The van der Waals surface area contributed by atoms with E-state index in [2.05, 4.69) is 6.58 Å². The molecule has 0 aliphatic heterocycles. The first-order valence-corrected chi connectivity index (χ1v) is 6.61. The Morgan fingerprint density at radius 1 is 1.35 bits per heavy atom. The second-order valence-electron chi connectivity index (χ2n) is 6.04. The van der Waals surface area contributed by atoms with Crippen molar-refractivity contribution < 1.29 is 14.6 Å². The van der Waals surface area contributed by atoms with E-state index in [0.29, 0.717) is 17.4 Å². The van der Waals surface area contributed by atoms with E-state index < -0.39 is 11.2 Å². The van der Waals surface area contributed by atoms with Gasteiger partial charge in [-0.15, -0.1) is 0 Å². The van der Waals surface area contributed by atoms with Crippen LogP contribution in [0.1, 0.15) is 45.4 Å². The largest absolute Gasteiger partial charge is 0.452 e. The van der Waals surface area contributed by atoms with Crippen molar-refractivity contribution in [2.45, 2.75) is 56.7 Å². The number of aliphatic hydroxyl groups is 1. The van der Waals surface area contributed by atoms with Crippen LogP contribution in [0, 0.1) is 11.8 Å². The molecule has 17 heavy (non-hydrogen) atoms. The molecule has 3 saturated carbocycles. The first kappa shape index (κ1) is 11.3. The topological polar surface area (TPSA) is 46.5 Å². The van der Waals surface area contributed by atoms with Gasteiger partial charge >= 0.3 is 5.97 Å². The summed E-state index contributed by atoms with van der Waals surface area (Å²) in [6.07, 6.45) is 5.79. The predicted octanol–water partition coefficient (Wildman–Crippen LogP) is 2.19. The third-order valence-electron chi connectivity index (χ3n) is 5.23. The van der Waals surface area contributed by atoms with E-state index >= 15 is 0 Å². The van der Waals surface area contributed by atoms with Crippen LogP contribution >= 0.6 is 0 Å². The Bertz CT molecular complexity index is 389. The minimum atomic E-state index is -0.749. The molecule has 0 amide bonds. The number of rotatable bonds is 2. The lowest BCUT2D eigenvalue weighted by Crippen LogP contribution is -2.56. The quantitative estimate of drug-likeness (QED) is 0.590. The molecule has 3 heteroatoms. The zero-order chi connectivity index (χ0) is 12.3. The zero-order valence-corrected chi connectivity index (χ0v) is 10.4. The van der Waals surface area contributed by atoms with Gasteiger partial charge in [-0.05, 0) is 51.4 Å². The van der Waals surface area contributed by atoms with Crippen LogP contribution in [0.3, 0.4) is 0 Å². The number of esters is 1. The summed E-state index contributed by atoms with van der Waals surface area (Å²) in [4.78, 5) is 11.8. The van der Waals surface area contributed by atoms with E-state index in [0.717, 1.165) is 38.5 Å². The number of hydrogen-bond donors (Lipinski definition) is 1. The number of fused-ring (bicyclic) bond motifs is 5. The lowest BCUT2D eigenvalue weighted by Gasteiger charge is -2.44. The summed E-state index contributed by atoms with van der Waals surface area (Å²) in [6.45, 7) is 5.30. The minimum Gasteiger partial charge on any atom is -0.452 e. The van der Waals surface area contributed by atoms with Crippen LogP contribution in [-0.2, 0) is 9.53 Å². The summed E-state index contributed by atoms with van der Waals surface area (Å²) < 4.78 is 5.73. The molecular weight excluding hydrogens is 216 g/mol. The van der Waals surface area contributed by atoms with E-state index in [1.54, 1.807) is 6.92 Å². The lowest BCUT2D eigenvalue weighted by molar-refractivity contribution is -0.198. The molecule has 94 valence electrons. The molecule has 3 aliphatic carbocycles. The number of carbonyl (C=O) groups excluding carboxylic acids is 1. The predicted molar refractivity (Wildman–Crippen MR) is 63.3 cm³/mol. The van der Waals surface area contributed by atoms with Gasteiger partial charge in [-0.2, -0.15) is 0 Å². The molecule has 0 spiro atoms.